The normalized spacial score (nSPS) is 18.0. The fourth-order valence-corrected chi connectivity index (χ4v) is 2.64. The first kappa shape index (κ1) is 14.3. The number of carbonyl (C=O) groups is 2. The predicted octanol–water partition coefficient (Wildman–Crippen LogP) is 2.08. The molecular weight excluding hydrogens is 280 g/mol. The average Bonchev–Trinajstić information content (AvgIpc) is 2.91. The van der Waals surface area contributed by atoms with E-state index in [-0.39, 0.29) is 17.7 Å². The highest BCUT2D eigenvalue weighted by Crippen LogP contribution is 2.33. The summed E-state index contributed by atoms with van der Waals surface area (Å²) in [5, 5.41) is 3.27. The molecule has 2 heterocycles. The molecule has 112 valence electrons. The van der Waals surface area contributed by atoms with Crippen molar-refractivity contribution < 1.29 is 14.0 Å². The van der Waals surface area contributed by atoms with Crippen molar-refractivity contribution in [2.45, 2.75) is 18.8 Å². The molecular formula is C17H16N2O3. The standard InChI is InChI=1S/C17H16N2O3/c18-8-2-1-3-11-4-6-15-13(9-11)14(10-22-15)12-5-7-16(20)19-17(12)21/h2-4,6,9-10,12H,5,7-8,18H2,(H,19,20,21). The van der Waals surface area contributed by atoms with Crippen molar-refractivity contribution in [2.75, 3.05) is 6.54 Å². The molecule has 1 aromatic heterocycles. The van der Waals surface area contributed by atoms with Crippen molar-refractivity contribution >= 4 is 28.9 Å². The predicted molar refractivity (Wildman–Crippen MR) is 82.9 cm³/mol. The summed E-state index contributed by atoms with van der Waals surface area (Å²) in [4.78, 5) is 23.3. The van der Waals surface area contributed by atoms with Crippen molar-refractivity contribution in [1.82, 2.24) is 5.32 Å². The third kappa shape index (κ3) is 2.72. The van der Waals surface area contributed by atoms with Crippen LogP contribution in [-0.2, 0) is 9.59 Å². The molecule has 0 bridgehead atoms. The molecule has 5 nitrogen and oxygen atoms in total. The van der Waals surface area contributed by atoms with Crippen LogP contribution in [0, 0.1) is 0 Å². The molecule has 0 radical (unpaired) electrons. The van der Waals surface area contributed by atoms with Crippen LogP contribution >= 0.6 is 0 Å². The summed E-state index contributed by atoms with van der Waals surface area (Å²) < 4.78 is 5.53. The van der Waals surface area contributed by atoms with Crippen LogP contribution in [0.3, 0.4) is 0 Å². The number of hydrogen-bond acceptors (Lipinski definition) is 4. The monoisotopic (exact) mass is 296 g/mol. The second-order valence-electron chi connectivity index (χ2n) is 5.20. The summed E-state index contributed by atoms with van der Waals surface area (Å²) in [5.41, 5.74) is 10.9. The number of rotatable bonds is 3. The van der Waals surface area contributed by atoms with Gasteiger partial charge in [0, 0.05) is 23.9 Å². The maximum absolute atomic E-state index is 12.0. The fraction of sp³-hybridized carbons (Fsp3) is 0.235. The number of imide groups is 1. The molecule has 1 saturated heterocycles. The Morgan fingerprint density at radius 1 is 1.41 bits per heavy atom. The smallest absolute Gasteiger partial charge is 0.234 e. The second-order valence-corrected chi connectivity index (χ2v) is 5.20. The molecule has 1 atom stereocenters. The summed E-state index contributed by atoms with van der Waals surface area (Å²) in [7, 11) is 0. The first-order valence-corrected chi connectivity index (χ1v) is 7.15. The van der Waals surface area contributed by atoms with Gasteiger partial charge in [0.2, 0.25) is 11.8 Å². The van der Waals surface area contributed by atoms with Crippen molar-refractivity contribution in [3.8, 4) is 0 Å². The highest BCUT2D eigenvalue weighted by atomic mass is 16.3. The van der Waals surface area contributed by atoms with E-state index in [4.69, 9.17) is 10.2 Å². The molecule has 1 fully saturated rings. The van der Waals surface area contributed by atoms with Crippen molar-refractivity contribution in [3.63, 3.8) is 0 Å². The van der Waals surface area contributed by atoms with Gasteiger partial charge < -0.3 is 10.2 Å². The Balaban J connectivity index is 1.99. The highest BCUT2D eigenvalue weighted by molar-refractivity contribution is 6.02. The van der Waals surface area contributed by atoms with Gasteiger partial charge in [-0.3, -0.25) is 14.9 Å². The molecule has 1 aliphatic heterocycles. The number of amides is 2. The van der Waals surface area contributed by atoms with Gasteiger partial charge in [0.05, 0.1) is 12.2 Å². The van der Waals surface area contributed by atoms with Crippen LogP contribution < -0.4 is 11.1 Å². The van der Waals surface area contributed by atoms with E-state index in [9.17, 15) is 9.59 Å². The first-order chi connectivity index (χ1) is 10.7. The van der Waals surface area contributed by atoms with Crippen LogP contribution in [0.25, 0.3) is 17.0 Å². The van der Waals surface area contributed by atoms with E-state index in [2.05, 4.69) is 11.0 Å². The number of piperidine rings is 1. The third-order valence-electron chi connectivity index (χ3n) is 3.73. The molecule has 2 amide bonds. The Bertz CT molecular complexity index is 797. The molecule has 22 heavy (non-hydrogen) atoms. The highest BCUT2D eigenvalue weighted by Gasteiger charge is 2.30. The Morgan fingerprint density at radius 3 is 3.05 bits per heavy atom. The van der Waals surface area contributed by atoms with Crippen LogP contribution in [0.5, 0.6) is 0 Å². The Morgan fingerprint density at radius 2 is 2.27 bits per heavy atom. The summed E-state index contributed by atoms with van der Waals surface area (Å²) in [5.74, 6) is -0.828. The number of nitrogens with one attached hydrogen (secondary N) is 1. The number of benzene rings is 1. The lowest BCUT2D eigenvalue weighted by atomic mass is 9.90. The van der Waals surface area contributed by atoms with Crippen molar-refractivity contribution in [1.29, 1.82) is 0 Å². The van der Waals surface area contributed by atoms with Crippen LogP contribution in [0.1, 0.15) is 29.9 Å². The lowest BCUT2D eigenvalue weighted by molar-refractivity contribution is -0.134. The minimum atomic E-state index is -0.349. The van der Waals surface area contributed by atoms with Crippen LogP contribution in [0.4, 0.5) is 0 Å². The lowest BCUT2D eigenvalue weighted by Gasteiger charge is -2.19. The summed E-state index contributed by atoms with van der Waals surface area (Å²) in [6.07, 6.45) is 6.02. The van der Waals surface area contributed by atoms with Crippen LogP contribution in [0.15, 0.2) is 40.7 Å². The lowest BCUT2D eigenvalue weighted by Crippen LogP contribution is -2.39. The van der Waals surface area contributed by atoms with Gasteiger partial charge in [0.15, 0.2) is 0 Å². The molecule has 2 aromatic rings. The summed E-state index contributed by atoms with van der Waals surface area (Å²) >= 11 is 0. The maximum atomic E-state index is 12.0. The molecule has 1 aliphatic rings. The van der Waals surface area contributed by atoms with Gasteiger partial charge in [-0.2, -0.15) is 0 Å². The van der Waals surface area contributed by atoms with Gasteiger partial charge >= 0.3 is 0 Å². The van der Waals surface area contributed by atoms with Crippen molar-refractivity contribution in [2.24, 2.45) is 5.73 Å². The van der Waals surface area contributed by atoms with Crippen LogP contribution in [0.2, 0.25) is 0 Å². The van der Waals surface area contributed by atoms with E-state index in [1.165, 1.54) is 0 Å². The SMILES string of the molecule is NCC=C=Cc1ccc2occ(C3CCC(=O)NC3=O)c2c1. The van der Waals surface area contributed by atoms with E-state index < -0.39 is 0 Å². The summed E-state index contributed by atoms with van der Waals surface area (Å²) in [6, 6.07) is 5.73. The largest absolute Gasteiger partial charge is 0.464 e. The zero-order valence-electron chi connectivity index (χ0n) is 12.0. The maximum Gasteiger partial charge on any atom is 0.234 e. The number of furan rings is 1. The number of hydrogen-bond donors (Lipinski definition) is 2. The molecule has 3 N–H and O–H groups in total. The Labute approximate surface area is 127 Å². The molecule has 0 saturated carbocycles. The van der Waals surface area contributed by atoms with E-state index in [1.807, 2.05) is 24.3 Å². The number of fused-ring (bicyclic) bond motifs is 1. The second kappa shape index (κ2) is 6.02. The third-order valence-corrected chi connectivity index (χ3v) is 3.73. The molecule has 0 spiro atoms. The topological polar surface area (TPSA) is 85.3 Å². The molecule has 0 aliphatic carbocycles. The van der Waals surface area contributed by atoms with Gasteiger partial charge in [-0.25, -0.2) is 0 Å². The van der Waals surface area contributed by atoms with Crippen LogP contribution in [-0.4, -0.2) is 18.4 Å². The minimum absolute atomic E-state index is 0.218. The molecule has 1 unspecified atom stereocenters. The first-order valence-electron chi connectivity index (χ1n) is 7.15. The van der Waals surface area contributed by atoms with Gasteiger partial charge in [-0.15, -0.1) is 5.73 Å². The zero-order valence-corrected chi connectivity index (χ0v) is 12.0. The van der Waals surface area contributed by atoms with E-state index >= 15 is 0 Å². The Kier molecular flexibility index (Phi) is 3.92. The van der Waals surface area contributed by atoms with Crippen molar-refractivity contribution in [3.05, 3.63) is 47.4 Å². The Hall–Kier alpha value is -2.62. The van der Waals surface area contributed by atoms with Gasteiger partial charge in [-0.1, -0.05) is 6.07 Å². The zero-order chi connectivity index (χ0) is 15.5. The fourth-order valence-electron chi connectivity index (χ4n) is 2.64. The van der Waals surface area contributed by atoms with Gasteiger partial charge in [0.25, 0.3) is 0 Å². The number of nitrogens with two attached hydrogens (primary N) is 1. The molecule has 3 rings (SSSR count). The summed E-state index contributed by atoms with van der Waals surface area (Å²) in [6.45, 7) is 0.436. The van der Waals surface area contributed by atoms with E-state index in [1.54, 1.807) is 12.3 Å². The van der Waals surface area contributed by atoms with E-state index in [0.717, 1.165) is 22.1 Å². The van der Waals surface area contributed by atoms with E-state index in [0.29, 0.717) is 19.4 Å². The minimum Gasteiger partial charge on any atom is -0.464 e. The van der Waals surface area contributed by atoms with Gasteiger partial charge in [-0.05, 0) is 36.3 Å². The molecule has 5 heteroatoms. The average molecular weight is 296 g/mol. The molecule has 1 aromatic carbocycles. The number of carbonyl (C=O) groups excluding carboxylic acids is 2. The quantitative estimate of drug-likeness (QED) is 0.671. The van der Waals surface area contributed by atoms with Gasteiger partial charge in [0.1, 0.15) is 5.58 Å².